The number of phenols is 1. The summed E-state index contributed by atoms with van der Waals surface area (Å²) in [5.74, 6) is 0.368. The summed E-state index contributed by atoms with van der Waals surface area (Å²) in [5, 5.41) is 9.79. The lowest BCUT2D eigenvalue weighted by Crippen LogP contribution is -2.42. The second-order valence-corrected chi connectivity index (χ2v) is 5.83. The molecule has 2 aromatic carbocycles. The summed E-state index contributed by atoms with van der Waals surface area (Å²) in [6.07, 6.45) is 1.03. The van der Waals surface area contributed by atoms with Gasteiger partial charge in [-0.15, -0.1) is 0 Å². The minimum Gasteiger partial charge on any atom is -0.508 e. The van der Waals surface area contributed by atoms with Gasteiger partial charge in [0.25, 0.3) is 0 Å². The van der Waals surface area contributed by atoms with E-state index in [0.717, 1.165) is 6.42 Å². The molecular weight excluding hydrogens is 234 g/mol. The van der Waals surface area contributed by atoms with Crippen molar-refractivity contribution in [2.75, 3.05) is 7.05 Å². The third-order valence-corrected chi connectivity index (χ3v) is 5.05. The van der Waals surface area contributed by atoms with E-state index in [1.807, 2.05) is 6.07 Å². The van der Waals surface area contributed by atoms with Gasteiger partial charge in [0.15, 0.2) is 0 Å². The number of fused-ring (bicyclic) bond motifs is 7. The minimum atomic E-state index is -0.0669. The fraction of sp³-hybridized carbons (Fsp3) is 0.294. The molecule has 0 aliphatic carbocycles. The molecule has 2 aliphatic rings. The molecule has 96 valence electrons. The van der Waals surface area contributed by atoms with Crippen LogP contribution in [0.4, 0.5) is 0 Å². The van der Waals surface area contributed by atoms with Crippen LogP contribution in [0.2, 0.25) is 0 Å². The molecule has 2 unspecified atom stereocenters. The van der Waals surface area contributed by atoms with Crippen LogP contribution >= 0.6 is 0 Å². The molecule has 0 amide bonds. The molecule has 0 spiro atoms. The standard InChI is InChI=1S/C17H17NO/c1-17-14-6-4-3-5-11(14)9-16(18(17)2)13-10-12(19)7-8-15(13)17/h3-8,10,16,19H,9H2,1-2H3. The molecule has 4 rings (SSSR count). The summed E-state index contributed by atoms with van der Waals surface area (Å²) in [6, 6.07) is 14.9. The van der Waals surface area contributed by atoms with Crippen molar-refractivity contribution >= 4 is 0 Å². The second-order valence-electron chi connectivity index (χ2n) is 5.83. The maximum absolute atomic E-state index is 9.79. The predicted molar refractivity (Wildman–Crippen MR) is 75.2 cm³/mol. The average molecular weight is 251 g/mol. The molecule has 2 aliphatic heterocycles. The van der Waals surface area contributed by atoms with Gasteiger partial charge in [-0.1, -0.05) is 30.3 Å². The van der Waals surface area contributed by atoms with E-state index >= 15 is 0 Å². The van der Waals surface area contributed by atoms with Crippen LogP contribution in [0, 0.1) is 0 Å². The highest BCUT2D eigenvalue weighted by molar-refractivity contribution is 5.55. The van der Waals surface area contributed by atoms with E-state index < -0.39 is 0 Å². The Balaban J connectivity index is 2.06. The van der Waals surface area contributed by atoms with Crippen LogP contribution in [-0.2, 0) is 12.0 Å². The Morgan fingerprint density at radius 2 is 1.95 bits per heavy atom. The number of phenolic OH excluding ortho intramolecular Hbond substituents is 1. The quantitative estimate of drug-likeness (QED) is 0.777. The molecule has 2 heterocycles. The van der Waals surface area contributed by atoms with Gasteiger partial charge in [0.2, 0.25) is 0 Å². The molecule has 2 bridgehead atoms. The van der Waals surface area contributed by atoms with Crippen molar-refractivity contribution in [2.45, 2.75) is 24.9 Å². The second kappa shape index (κ2) is 3.40. The Hall–Kier alpha value is -1.80. The molecule has 1 N–H and O–H groups in total. The van der Waals surface area contributed by atoms with Crippen molar-refractivity contribution in [3.63, 3.8) is 0 Å². The molecular formula is C17H17NO. The molecule has 2 nitrogen and oxygen atoms in total. The summed E-state index contributed by atoms with van der Waals surface area (Å²) in [7, 11) is 2.19. The third-order valence-electron chi connectivity index (χ3n) is 5.05. The molecule has 0 saturated carbocycles. The van der Waals surface area contributed by atoms with E-state index in [0.29, 0.717) is 11.8 Å². The normalized spacial score (nSPS) is 28.0. The van der Waals surface area contributed by atoms with Crippen LogP contribution in [0.25, 0.3) is 0 Å². The maximum atomic E-state index is 9.79. The van der Waals surface area contributed by atoms with Crippen molar-refractivity contribution < 1.29 is 5.11 Å². The van der Waals surface area contributed by atoms with Gasteiger partial charge in [-0.05, 0) is 54.8 Å². The van der Waals surface area contributed by atoms with E-state index in [9.17, 15) is 5.11 Å². The number of hydrogen-bond donors (Lipinski definition) is 1. The van der Waals surface area contributed by atoms with E-state index in [-0.39, 0.29) is 5.54 Å². The first-order chi connectivity index (χ1) is 9.12. The van der Waals surface area contributed by atoms with Crippen molar-refractivity contribution in [1.29, 1.82) is 0 Å². The lowest BCUT2D eigenvalue weighted by atomic mass is 9.81. The van der Waals surface area contributed by atoms with E-state index in [1.165, 1.54) is 22.3 Å². The number of benzene rings is 2. The fourth-order valence-electron chi connectivity index (χ4n) is 3.94. The van der Waals surface area contributed by atoms with Gasteiger partial charge in [0, 0.05) is 6.04 Å². The molecule has 0 fully saturated rings. The van der Waals surface area contributed by atoms with E-state index in [2.05, 4.69) is 49.2 Å². The highest BCUT2D eigenvalue weighted by atomic mass is 16.3. The molecule has 19 heavy (non-hydrogen) atoms. The summed E-state index contributed by atoms with van der Waals surface area (Å²) >= 11 is 0. The molecule has 2 aromatic rings. The van der Waals surface area contributed by atoms with Gasteiger partial charge in [-0.3, -0.25) is 4.90 Å². The van der Waals surface area contributed by atoms with Gasteiger partial charge >= 0.3 is 0 Å². The zero-order chi connectivity index (χ0) is 13.2. The van der Waals surface area contributed by atoms with Crippen LogP contribution in [0.3, 0.4) is 0 Å². The largest absolute Gasteiger partial charge is 0.508 e. The highest BCUT2D eigenvalue weighted by Gasteiger charge is 2.50. The van der Waals surface area contributed by atoms with Crippen molar-refractivity contribution in [2.24, 2.45) is 0 Å². The highest BCUT2D eigenvalue weighted by Crippen LogP contribution is 2.54. The molecule has 0 aromatic heterocycles. The topological polar surface area (TPSA) is 23.5 Å². The van der Waals surface area contributed by atoms with Gasteiger partial charge < -0.3 is 5.11 Å². The number of nitrogens with zero attached hydrogens (tertiary/aromatic N) is 1. The Morgan fingerprint density at radius 1 is 1.16 bits per heavy atom. The number of likely N-dealkylation sites (N-methyl/N-ethyl adjacent to an activating group) is 1. The smallest absolute Gasteiger partial charge is 0.115 e. The molecule has 0 radical (unpaired) electrons. The first-order valence-electron chi connectivity index (χ1n) is 6.77. The lowest BCUT2D eigenvalue weighted by molar-refractivity contribution is 0.133. The fourth-order valence-corrected chi connectivity index (χ4v) is 3.94. The van der Waals surface area contributed by atoms with Crippen LogP contribution in [0.5, 0.6) is 5.75 Å². The molecule has 0 saturated heterocycles. The monoisotopic (exact) mass is 251 g/mol. The number of hydrogen-bond acceptors (Lipinski definition) is 2. The Bertz CT molecular complexity index is 679. The van der Waals surface area contributed by atoms with Crippen LogP contribution in [0.15, 0.2) is 42.5 Å². The number of aromatic hydroxyl groups is 1. The zero-order valence-corrected chi connectivity index (χ0v) is 11.2. The van der Waals surface area contributed by atoms with Crippen LogP contribution in [0.1, 0.15) is 35.2 Å². The Kier molecular flexibility index (Phi) is 1.98. The maximum Gasteiger partial charge on any atom is 0.115 e. The predicted octanol–water partition coefficient (Wildman–Crippen LogP) is 3.20. The first-order valence-corrected chi connectivity index (χ1v) is 6.77. The van der Waals surface area contributed by atoms with Gasteiger partial charge in [-0.25, -0.2) is 0 Å². The summed E-state index contributed by atoms with van der Waals surface area (Å²) in [4.78, 5) is 2.44. The average Bonchev–Trinajstić information content (AvgIpc) is 2.55. The minimum absolute atomic E-state index is 0.0669. The summed E-state index contributed by atoms with van der Waals surface area (Å²) < 4.78 is 0. The Morgan fingerprint density at radius 3 is 2.79 bits per heavy atom. The van der Waals surface area contributed by atoms with Crippen molar-refractivity contribution in [3.05, 3.63) is 64.7 Å². The molecule has 2 atom stereocenters. The third kappa shape index (κ3) is 1.20. The Labute approximate surface area is 113 Å². The van der Waals surface area contributed by atoms with Crippen molar-refractivity contribution in [1.82, 2.24) is 4.90 Å². The SMILES string of the molecule is CN1C2Cc3ccccc3C1(C)c1ccc(O)cc12. The van der Waals surface area contributed by atoms with Crippen LogP contribution < -0.4 is 0 Å². The zero-order valence-electron chi connectivity index (χ0n) is 11.2. The van der Waals surface area contributed by atoms with Crippen molar-refractivity contribution in [3.8, 4) is 5.75 Å². The molecule has 2 heteroatoms. The van der Waals surface area contributed by atoms with Gasteiger partial charge in [0.1, 0.15) is 5.75 Å². The van der Waals surface area contributed by atoms with Gasteiger partial charge in [-0.2, -0.15) is 0 Å². The van der Waals surface area contributed by atoms with E-state index in [1.54, 1.807) is 6.07 Å². The summed E-state index contributed by atoms with van der Waals surface area (Å²) in [5.41, 5.74) is 5.38. The lowest BCUT2D eigenvalue weighted by Gasteiger charge is -2.42. The summed E-state index contributed by atoms with van der Waals surface area (Å²) in [6.45, 7) is 2.29. The van der Waals surface area contributed by atoms with Gasteiger partial charge in [0.05, 0.1) is 5.54 Å². The van der Waals surface area contributed by atoms with Crippen LogP contribution in [-0.4, -0.2) is 17.1 Å². The van der Waals surface area contributed by atoms with E-state index in [4.69, 9.17) is 0 Å². The number of rotatable bonds is 0. The first kappa shape index (κ1) is 11.1.